The van der Waals surface area contributed by atoms with Gasteiger partial charge in [0.2, 0.25) is 0 Å². The van der Waals surface area contributed by atoms with Crippen LogP contribution in [0.15, 0.2) is 5.38 Å². The second kappa shape index (κ2) is 5.98. The molecule has 0 saturated carbocycles. The van der Waals surface area contributed by atoms with Gasteiger partial charge in [0.05, 0.1) is 17.2 Å². The molecular formula is C13H17N3O4S. The predicted molar refractivity (Wildman–Crippen MR) is 75.6 cm³/mol. The number of carboxylic acids is 1. The molecule has 2 N–H and O–H groups in total. The van der Waals surface area contributed by atoms with E-state index in [0.29, 0.717) is 26.1 Å². The van der Waals surface area contributed by atoms with Gasteiger partial charge in [0, 0.05) is 31.4 Å². The summed E-state index contributed by atoms with van der Waals surface area (Å²) in [6, 6.07) is -0.0785. The molecule has 1 aromatic heterocycles. The van der Waals surface area contributed by atoms with Crippen molar-refractivity contribution in [3.8, 4) is 0 Å². The number of hydrogen-bond donors (Lipinski definition) is 2. The lowest BCUT2D eigenvalue weighted by molar-refractivity contribution is -0.0237. The maximum atomic E-state index is 12.1. The summed E-state index contributed by atoms with van der Waals surface area (Å²) in [6.45, 7) is 1.77. The van der Waals surface area contributed by atoms with Crippen LogP contribution < -0.4 is 5.32 Å². The fourth-order valence-corrected chi connectivity index (χ4v) is 3.46. The van der Waals surface area contributed by atoms with Gasteiger partial charge in [-0.1, -0.05) is 0 Å². The molecule has 114 valence electrons. The molecule has 3 heterocycles. The van der Waals surface area contributed by atoms with Gasteiger partial charge in [-0.15, -0.1) is 11.3 Å². The van der Waals surface area contributed by atoms with Crippen LogP contribution in [0, 0.1) is 0 Å². The maximum Gasteiger partial charge on any atom is 0.355 e. The van der Waals surface area contributed by atoms with Crippen LogP contribution in [0.5, 0.6) is 0 Å². The van der Waals surface area contributed by atoms with E-state index >= 15 is 0 Å². The molecule has 2 amide bonds. The summed E-state index contributed by atoms with van der Waals surface area (Å²) >= 11 is 1.30. The Bertz CT molecular complexity index is 535. The van der Waals surface area contributed by atoms with Crippen molar-refractivity contribution >= 4 is 23.3 Å². The van der Waals surface area contributed by atoms with Gasteiger partial charge in [-0.2, -0.15) is 0 Å². The Balaban J connectivity index is 1.44. The second-order valence-electron chi connectivity index (χ2n) is 5.28. The van der Waals surface area contributed by atoms with Crippen LogP contribution >= 0.6 is 11.3 Å². The molecule has 8 heteroatoms. The number of fused-ring (bicyclic) bond motifs is 2. The lowest BCUT2D eigenvalue weighted by atomic mass is 10.2. The molecule has 21 heavy (non-hydrogen) atoms. The van der Waals surface area contributed by atoms with Gasteiger partial charge >= 0.3 is 12.0 Å². The van der Waals surface area contributed by atoms with Crippen LogP contribution in [-0.4, -0.2) is 58.8 Å². The number of amides is 2. The largest absolute Gasteiger partial charge is 0.476 e. The van der Waals surface area contributed by atoms with E-state index in [1.54, 1.807) is 4.90 Å². The second-order valence-corrected chi connectivity index (χ2v) is 6.22. The monoisotopic (exact) mass is 311 g/mol. The lowest BCUT2D eigenvalue weighted by Crippen LogP contribution is -2.50. The number of thiazole rings is 1. The minimum atomic E-state index is -1.02. The van der Waals surface area contributed by atoms with E-state index in [4.69, 9.17) is 9.84 Å². The van der Waals surface area contributed by atoms with Crippen molar-refractivity contribution in [2.75, 3.05) is 19.6 Å². The zero-order valence-electron chi connectivity index (χ0n) is 11.4. The Morgan fingerprint density at radius 1 is 1.43 bits per heavy atom. The Labute approximate surface area is 125 Å². The number of urea groups is 1. The van der Waals surface area contributed by atoms with Gasteiger partial charge in [0.1, 0.15) is 0 Å². The van der Waals surface area contributed by atoms with Crippen molar-refractivity contribution in [2.24, 2.45) is 0 Å². The lowest BCUT2D eigenvalue weighted by Gasteiger charge is -2.32. The first kappa shape index (κ1) is 14.3. The van der Waals surface area contributed by atoms with Crippen molar-refractivity contribution < 1.29 is 19.4 Å². The molecule has 2 fully saturated rings. The van der Waals surface area contributed by atoms with Crippen LogP contribution in [0.3, 0.4) is 0 Å². The van der Waals surface area contributed by atoms with E-state index in [2.05, 4.69) is 10.3 Å². The Hall–Kier alpha value is -1.67. The third-order valence-corrected chi connectivity index (χ3v) is 4.63. The number of ether oxygens (including phenoxy) is 1. The molecule has 0 aromatic carbocycles. The third-order valence-electron chi connectivity index (χ3n) is 3.72. The number of nitrogens with zero attached hydrogens (tertiary/aromatic N) is 2. The highest BCUT2D eigenvalue weighted by Crippen LogP contribution is 2.26. The molecule has 3 rings (SSSR count). The molecule has 2 atom stereocenters. The first-order chi connectivity index (χ1) is 10.1. The number of carbonyl (C=O) groups is 2. The number of rotatable bonds is 4. The number of carboxylic acid groups (broad SMARTS) is 1. The maximum absolute atomic E-state index is 12.1. The number of carbonyl (C=O) groups excluding carboxylic acids is 1. The quantitative estimate of drug-likeness (QED) is 0.864. The van der Waals surface area contributed by atoms with Crippen LogP contribution in [0.2, 0.25) is 0 Å². The molecule has 2 saturated heterocycles. The van der Waals surface area contributed by atoms with E-state index in [1.165, 1.54) is 16.7 Å². The highest BCUT2D eigenvalue weighted by atomic mass is 32.1. The SMILES string of the molecule is O=C(O)c1csc(CCNC(=O)N2CC3CCC(C2)O3)n1. The summed E-state index contributed by atoms with van der Waals surface area (Å²) in [6.07, 6.45) is 2.98. The molecule has 2 unspecified atom stereocenters. The van der Waals surface area contributed by atoms with Gasteiger partial charge in [-0.3, -0.25) is 0 Å². The average molecular weight is 311 g/mol. The summed E-state index contributed by atoms with van der Waals surface area (Å²) < 4.78 is 5.69. The van der Waals surface area contributed by atoms with E-state index in [1.807, 2.05) is 0 Å². The smallest absolute Gasteiger partial charge is 0.355 e. The molecular weight excluding hydrogens is 294 g/mol. The number of likely N-dealkylation sites (tertiary alicyclic amines) is 1. The summed E-state index contributed by atoms with van der Waals surface area (Å²) in [5.41, 5.74) is 0.0612. The number of hydrogen-bond acceptors (Lipinski definition) is 5. The Morgan fingerprint density at radius 3 is 2.76 bits per heavy atom. The highest BCUT2D eigenvalue weighted by Gasteiger charge is 2.35. The molecule has 1 aromatic rings. The zero-order valence-corrected chi connectivity index (χ0v) is 12.3. The third kappa shape index (κ3) is 3.33. The molecule has 0 aliphatic carbocycles. The molecule has 0 spiro atoms. The highest BCUT2D eigenvalue weighted by molar-refractivity contribution is 7.09. The number of morpholine rings is 1. The van der Waals surface area contributed by atoms with E-state index in [9.17, 15) is 9.59 Å². The van der Waals surface area contributed by atoms with E-state index < -0.39 is 5.97 Å². The average Bonchev–Trinajstić information content (AvgIpc) is 3.05. The number of nitrogens with one attached hydrogen (secondary N) is 1. The fourth-order valence-electron chi connectivity index (χ4n) is 2.69. The summed E-state index contributed by atoms with van der Waals surface area (Å²) in [7, 11) is 0. The van der Waals surface area contributed by atoms with E-state index in [-0.39, 0.29) is 23.9 Å². The topological polar surface area (TPSA) is 91.8 Å². The minimum absolute atomic E-state index is 0.0612. The van der Waals surface area contributed by atoms with E-state index in [0.717, 1.165) is 17.8 Å². The fraction of sp³-hybridized carbons (Fsp3) is 0.615. The van der Waals surface area contributed by atoms with Crippen LogP contribution in [-0.2, 0) is 11.2 Å². The van der Waals surface area contributed by atoms with Crippen molar-refractivity contribution in [3.05, 3.63) is 16.1 Å². The molecule has 2 bridgehead atoms. The van der Waals surface area contributed by atoms with Gasteiger partial charge < -0.3 is 20.1 Å². The van der Waals surface area contributed by atoms with Gasteiger partial charge in [-0.05, 0) is 12.8 Å². The van der Waals surface area contributed by atoms with Crippen molar-refractivity contribution in [3.63, 3.8) is 0 Å². The molecule has 0 radical (unpaired) electrons. The van der Waals surface area contributed by atoms with Crippen molar-refractivity contribution in [1.82, 2.24) is 15.2 Å². The van der Waals surface area contributed by atoms with Gasteiger partial charge in [0.25, 0.3) is 0 Å². The van der Waals surface area contributed by atoms with Crippen molar-refractivity contribution in [1.29, 1.82) is 0 Å². The molecule has 2 aliphatic rings. The molecule has 7 nitrogen and oxygen atoms in total. The van der Waals surface area contributed by atoms with Gasteiger partial charge in [-0.25, -0.2) is 14.6 Å². The first-order valence-electron chi connectivity index (χ1n) is 6.98. The van der Waals surface area contributed by atoms with Crippen LogP contribution in [0.1, 0.15) is 28.3 Å². The number of aromatic nitrogens is 1. The zero-order chi connectivity index (χ0) is 14.8. The molecule has 2 aliphatic heterocycles. The predicted octanol–water partition coefficient (Wildman–Crippen LogP) is 0.957. The van der Waals surface area contributed by atoms with Gasteiger partial charge in [0.15, 0.2) is 5.69 Å². The minimum Gasteiger partial charge on any atom is -0.476 e. The van der Waals surface area contributed by atoms with Crippen LogP contribution in [0.25, 0.3) is 0 Å². The Kier molecular flexibility index (Phi) is 4.07. The first-order valence-corrected chi connectivity index (χ1v) is 7.85. The summed E-state index contributed by atoms with van der Waals surface area (Å²) in [5, 5.41) is 13.9. The summed E-state index contributed by atoms with van der Waals surface area (Å²) in [4.78, 5) is 28.6. The summed E-state index contributed by atoms with van der Waals surface area (Å²) in [5.74, 6) is -1.02. The number of aromatic carboxylic acids is 1. The standard InChI is InChI=1S/C13H17N3O4S/c17-12(18)10-7-21-11(15-10)3-4-14-13(19)16-5-8-1-2-9(6-16)20-8/h7-9H,1-6H2,(H,14,19)(H,17,18). The normalized spacial score (nSPS) is 24.1. The van der Waals surface area contributed by atoms with Crippen molar-refractivity contribution in [2.45, 2.75) is 31.5 Å². The Morgan fingerprint density at radius 2 is 2.14 bits per heavy atom. The van der Waals surface area contributed by atoms with Crippen LogP contribution in [0.4, 0.5) is 4.79 Å².